The Bertz CT molecular complexity index is 1890. The van der Waals surface area contributed by atoms with Gasteiger partial charge in [0.2, 0.25) is 5.91 Å². The maximum Gasteiger partial charge on any atom is 0.316 e. The molecule has 0 aliphatic carbocycles. The zero-order valence-corrected chi connectivity index (χ0v) is 26.8. The third-order valence-corrected chi connectivity index (χ3v) is 8.52. The number of carbonyl (C=O) groups excluding carboxylic acids is 2. The quantitative estimate of drug-likeness (QED) is 0.169. The highest BCUT2D eigenvalue weighted by atomic mass is 35.5. The molecule has 48 heavy (non-hydrogen) atoms. The van der Waals surface area contributed by atoms with E-state index < -0.39 is 29.7 Å². The van der Waals surface area contributed by atoms with Crippen LogP contribution >= 0.6 is 11.6 Å². The summed E-state index contributed by atoms with van der Waals surface area (Å²) in [6.45, 7) is -0.234. The van der Waals surface area contributed by atoms with Crippen LogP contribution in [0.3, 0.4) is 0 Å². The molecule has 1 aliphatic rings. The van der Waals surface area contributed by atoms with E-state index in [9.17, 15) is 14.0 Å². The molecule has 5 aromatic rings. The maximum absolute atomic E-state index is 15.6. The van der Waals surface area contributed by atoms with Crippen LogP contribution in [0.2, 0.25) is 5.02 Å². The van der Waals surface area contributed by atoms with Crippen LogP contribution in [0.4, 0.5) is 8.78 Å². The van der Waals surface area contributed by atoms with Crippen molar-refractivity contribution in [1.29, 1.82) is 0 Å². The molecule has 1 amide bonds. The van der Waals surface area contributed by atoms with Crippen molar-refractivity contribution in [3.63, 3.8) is 0 Å². The minimum atomic E-state index is -1.39. The normalized spacial score (nSPS) is 15.7. The summed E-state index contributed by atoms with van der Waals surface area (Å²) < 4.78 is 40.7. The largest absolute Gasteiger partial charge is 0.467 e. The fraction of sp³-hybridized carbons (Fsp3) is 0.222. The smallest absolute Gasteiger partial charge is 0.316 e. The Morgan fingerprint density at radius 3 is 1.98 bits per heavy atom. The summed E-state index contributed by atoms with van der Waals surface area (Å²) >= 11 is 6.30. The highest BCUT2D eigenvalue weighted by Gasteiger charge is 2.39. The first-order valence-corrected chi connectivity index (χ1v) is 15.5. The van der Waals surface area contributed by atoms with Crippen LogP contribution < -0.4 is 9.47 Å². The lowest BCUT2D eigenvalue weighted by atomic mass is 9.96. The van der Waals surface area contributed by atoms with Gasteiger partial charge in [-0.05, 0) is 34.4 Å². The topological polar surface area (TPSA) is 107 Å². The van der Waals surface area contributed by atoms with Gasteiger partial charge in [-0.15, -0.1) is 0 Å². The molecular weight excluding hydrogens is 640 g/mol. The van der Waals surface area contributed by atoms with E-state index in [2.05, 4.69) is 19.9 Å². The van der Waals surface area contributed by atoms with Gasteiger partial charge in [0.25, 0.3) is 0 Å². The van der Waals surface area contributed by atoms with Crippen molar-refractivity contribution in [3.05, 3.63) is 107 Å². The van der Waals surface area contributed by atoms with Crippen molar-refractivity contribution in [2.24, 2.45) is 0 Å². The Balaban J connectivity index is 1.26. The molecule has 1 fully saturated rings. The molecule has 0 bridgehead atoms. The van der Waals surface area contributed by atoms with E-state index in [1.54, 1.807) is 61.2 Å². The number of alkyl halides is 1. The second-order valence-corrected chi connectivity index (χ2v) is 11.7. The predicted molar refractivity (Wildman–Crippen MR) is 176 cm³/mol. The molecular formula is C36H30ClF2N5O4. The van der Waals surface area contributed by atoms with Gasteiger partial charge in [-0.3, -0.25) is 9.59 Å². The van der Waals surface area contributed by atoms with Gasteiger partial charge in [0.05, 0.1) is 33.2 Å². The van der Waals surface area contributed by atoms with Crippen LogP contribution in [0.5, 0.6) is 12.0 Å². The number of likely N-dealkylation sites (tertiary alicyclic amines) is 1. The number of benzene rings is 3. The van der Waals surface area contributed by atoms with Gasteiger partial charge in [0, 0.05) is 64.9 Å². The second-order valence-electron chi connectivity index (χ2n) is 11.3. The fourth-order valence-corrected chi connectivity index (χ4v) is 6.06. The molecule has 244 valence electrons. The van der Waals surface area contributed by atoms with Crippen molar-refractivity contribution in [1.82, 2.24) is 24.8 Å². The number of hydrogen-bond acceptors (Lipinski definition) is 8. The van der Waals surface area contributed by atoms with Crippen LogP contribution in [0.1, 0.15) is 17.5 Å². The lowest BCUT2D eigenvalue weighted by Gasteiger charge is -2.24. The number of ether oxygens (including phenoxy) is 2. The highest BCUT2D eigenvalue weighted by Crippen LogP contribution is 2.33. The molecule has 12 heteroatoms. The summed E-state index contributed by atoms with van der Waals surface area (Å²) in [5.41, 5.74) is 4.25. The number of amides is 1. The first kappa shape index (κ1) is 32.6. The Morgan fingerprint density at radius 1 is 0.812 bits per heavy atom. The fourth-order valence-electron chi connectivity index (χ4n) is 5.82. The minimum absolute atomic E-state index is 0.123. The SMILES string of the molecule is COc1ncc(-c2cc(CC(=O)N3C[C@H](F)C[C@H]3C(=O)Cc3cccc(-c4ccccc4Cl)c3F)cc(-c3cnc(OC)nc3)c2)cn1. The summed E-state index contributed by atoms with van der Waals surface area (Å²) in [6, 6.07) is 16.5. The second kappa shape index (κ2) is 14.2. The van der Waals surface area contributed by atoms with E-state index in [4.69, 9.17) is 21.1 Å². The number of nitrogens with zero attached hydrogens (tertiary/aromatic N) is 5. The number of aromatic nitrogens is 4. The van der Waals surface area contributed by atoms with E-state index >= 15 is 4.39 Å². The monoisotopic (exact) mass is 669 g/mol. The highest BCUT2D eigenvalue weighted by molar-refractivity contribution is 6.33. The molecule has 3 heterocycles. The van der Waals surface area contributed by atoms with Crippen molar-refractivity contribution < 1.29 is 27.8 Å². The molecule has 0 unspecified atom stereocenters. The Hall–Kier alpha value is -5.29. The van der Waals surface area contributed by atoms with Gasteiger partial charge in [-0.25, -0.2) is 28.7 Å². The van der Waals surface area contributed by atoms with Crippen molar-refractivity contribution in [2.75, 3.05) is 20.8 Å². The van der Waals surface area contributed by atoms with Gasteiger partial charge >= 0.3 is 12.0 Å². The lowest BCUT2D eigenvalue weighted by molar-refractivity contribution is -0.136. The van der Waals surface area contributed by atoms with E-state index in [1.807, 2.05) is 18.2 Å². The summed E-state index contributed by atoms with van der Waals surface area (Å²) in [6.07, 6.45) is 4.42. The molecule has 2 aromatic heterocycles. The van der Waals surface area contributed by atoms with E-state index in [0.717, 1.165) is 0 Å². The molecule has 2 atom stereocenters. The molecule has 0 N–H and O–H groups in total. The van der Waals surface area contributed by atoms with Crippen LogP contribution in [0, 0.1) is 5.82 Å². The summed E-state index contributed by atoms with van der Waals surface area (Å²) in [4.78, 5) is 45.4. The molecule has 0 radical (unpaired) electrons. The predicted octanol–water partition coefficient (Wildman–Crippen LogP) is 6.37. The van der Waals surface area contributed by atoms with Crippen LogP contribution in [0.25, 0.3) is 33.4 Å². The molecule has 3 aromatic carbocycles. The average Bonchev–Trinajstić information content (AvgIpc) is 3.51. The minimum Gasteiger partial charge on any atom is -0.467 e. The van der Waals surface area contributed by atoms with Gasteiger partial charge in [0.15, 0.2) is 5.78 Å². The van der Waals surface area contributed by atoms with Crippen LogP contribution in [0.15, 0.2) is 85.5 Å². The number of carbonyl (C=O) groups is 2. The standard InChI is InChI=1S/C36H30ClF2N5O4/c1-47-35-40-16-25(17-41-35)23-10-21(11-24(13-23)26-18-42-36(48-2)43-19-26)12-33(46)44-20-27(38)15-31(44)32(45)14-22-6-5-8-29(34(22)39)28-7-3-4-9-30(28)37/h3-11,13,16-19,27,31H,12,14-15,20H2,1-2H3/t27-,31+/m1/s1. The zero-order chi connectivity index (χ0) is 33.8. The summed E-state index contributed by atoms with van der Waals surface area (Å²) in [5, 5.41) is 0.374. The summed E-state index contributed by atoms with van der Waals surface area (Å²) in [5.74, 6) is -1.46. The van der Waals surface area contributed by atoms with Gasteiger partial charge < -0.3 is 14.4 Å². The molecule has 1 saturated heterocycles. The number of ketones is 1. The Labute approximate surface area is 280 Å². The summed E-state index contributed by atoms with van der Waals surface area (Å²) in [7, 11) is 2.94. The maximum atomic E-state index is 15.6. The number of methoxy groups -OCH3 is 2. The zero-order valence-electron chi connectivity index (χ0n) is 26.1. The molecule has 0 saturated carbocycles. The Kier molecular flexibility index (Phi) is 9.67. The first-order valence-electron chi connectivity index (χ1n) is 15.1. The molecule has 9 nitrogen and oxygen atoms in total. The van der Waals surface area contributed by atoms with Crippen molar-refractivity contribution in [2.45, 2.75) is 31.5 Å². The third kappa shape index (κ3) is 7.01. The third-order valence-electron chi connectivity index (χ3n) is 8.19. The van der Waals surface area contributed by atoms with Crippen LogP contribution in [-0.2, 0) is 22.4 Å². The number of hydrogen-bond donors (Lipinski definition) is 0. The molecule has 6 rings (SSSR count). The number of Topliss-reactive ketones (excluding diaryl/α,β-unsaturated/α-hetero) is 1. The van der Waals surface area contributed by atoms with E-state index in [-0.39, 0.29) is 49.0 Å². The first-order chi connectivity index (χ1) is 23.2. The lowest BCUT2D eigenvalue weighted by Crippen LogP contribution is -2.42. The van der Waals surface area contributed by atoms with Gasteiger partial charge in [-0.2, -0.15) is 0 Å². The van der Waals surface area contributed by atoms with E-state index in [0.29, 0.717) is 38.4 Å². The Morgan fingerprint density at radius 2 is 1.40 bits per heavy atom. The number of rotatable bonds is 10. The van der Waals surface area contributed by atoms with Crippen LogP contribution in [-0.4, -0.2) is 69.5 Å². The van der Waals surface area contributed by atoms with Crippen molar-refractivity contribution in [3.8, 4) is 45.4 Å². The van der Waals surface area contributed by atoms with Gasteiger partial charge in [0.1, 0.15) is 12.0 Å². The molecule has 0 spiro atoms. The molecule has 1 aliphatic heterocycles. The average molecular weight is 670 g/mol. The van der Waals surface area contributed by atoms with Crippen molar-refractivity contribution >= 4 is 23.3 Å². The van der Waals surface area contributed by atoms with E-state index in [1.165, 1.54) is 25.2 Å². The van der Waals surface area contributed by atoms with Gasteiger partial charge in [-0.1, -0.05) is 60.1 Å². The number of halogens is 3.